The third-order valence-electron chi connectivity index (χ3n) is 5.75. The molecule has 3 rings (SSSR count). The lowest BCUT2D eigenvalue weighted by atomic mass is 9.85. The summed E-state index contributed by atoms with van der Waals surface area (Å²) >= 11 is 0. The van der Waals surface area contributed by atoms with Crippen molar-refractivity contribution in [2.45, 2.75) is 47.0 Å². The maximum atomic E-state index is 12.5. The molecule has 36 heavy (non-hydrogen) atoms. The third-order valence-corrected chi connectivity index (χ3v) is 5.75. The Morgan fingerprint density at radius 3 is 2.56 bits per heavy atom. The Labute approximate surface area is 211 Å². The maximum absolute atomic E-state index is 12.5. The number of carbonyl (C=O) groups is 1. The van der Waals surface area contributed by atoms with Crippen molar-refractivity contribution < 1.29 is 14.6 Å². The molecule has 0 bridgehead atoms. The highest BCUT2D eigenvalue weighted by Gasteiger charge is 2.21. The van der Waals surface area contributed by atoms with Crippen molar-refractivity contribution in [2.24, 2.45) is 5.41 Å². The largest absolute Gasteiger partial charge is 0.493 e. The smallest absolute Gasteiger partial charge is 0.273 e. The van der Waals surface area contributed by atoms with E-state index in [1.165, 1.54) is 18.0 Å². The predicted molar refractivity (Wildman–Crippen MR) is 137 cm³/mol. The number of carbonyl (C=O) groups excluding carboxylic acids is 1. The standard InChI is InChI=1S/C26H33N7O3/c1-16-22(33-13-21(31-32-33)24(35)29-14-26(5,6)15-34)10-19(12-28-16)30-20-9-18(25(2,3)4)8-17(11-27)23(20)36-7/h8-10,12-13,30,34H,14-15H2,1-7H3,(H,29,35). The summed E-state index contributed by atoms with van der Waals surface area (Å²) in [5.74, 6) is 0.0635. The Morgan fingerprint density at radius 2 is 1.94 bits per heavy atom. The number of nitriles is 1. The second-order valence-electron chi connectivity index (χ2n) is 10.5. The fourth-order valence-corrected chi connectivity index (χ4v) is 3.39. The molecule has 1 amide bonds. The molecule has 0 aliphatic heterocycles. The van der Waals surface area contributed by atoms with E-state index in [9.17, 15) is 15.2 Å². The Hall–Kier alpha value is -3.97. The average molecular weight is 492 g/mol. The molecule has 0 aliphatic carbocycles. The number of amides is 1. The van der Waals surface area contributed by atoms with Gasteiger partial charge < -0.3 is 20.5 Å². The molecule has 3 N–H and O–H groups in total. The highest BCUT2D eigenvalue weighted by Crippen LogP contribution is 2.36. The summed E-state index contributed by atoms with van der Waals surface area (Å²) < 4.78 is 7.03. The Bertz CT molecular complexity index is 1300. The molecule has 0 spiro atoms. The van der Waals surface area contributed by atoms with Crippen LogP contribution >= 0.6 is 0 Å². The monoisotopic (exact) mass is 491 g/mol. The number of methoxy groups -OCH3 is 1. The van der Waals surface area contributed by atoms with E-state index in [1.807, 2.05) is 39.0 Å². The lowest BCUT2D eigenvalue weighted by Crippen LogP contribution is -2.36. The average Bonchev–Trinajstić information content (AvgIpc) is 3.33. The van der Waals surface area contributed by atoms with Gasteiger partial charge in [0.05, 0.1) is 47.8 Å². The molecule has 2 aromatic heterocycles. The lowest BCUT2D eigenvalue weighted by molar-refractivity contribution is 0.0906. The number of aliphatic hydroxyl groups is 1. The van der Waals surface area contributed by atoms with Gasteiger partial charge in [-0.3, -0.25) is 9.78 Å². The topological polar surface area (TPSA) is 138 Å². The zero-order valence-corrected chi connectivity index (χ0v) is 21.8. The molecule has 2 heterocycles. The molecule has 0 unspecified atom stereocenters. The number of aromatic nitrogens is 4. The number of pyridine rings is 1. The van der Waals surface area contributed by atoms with Crippen molar-refractivity contribution in [2.75, 3.05) is 25.6 Å². The molecule has 10 nitrogen and oxygen atoms in total. The van der Waals surface area contributed by atoms with E-state index in [0.29, 0.717) is 40.6 Å². The summed E-state index contributed by atoms with van der Waals surface area (Å²) in [5, 5.41) is 33.3. The van der Waals surface area contributed by atoms with Crippen molar-refractivity contribution in [1.29, 1.82) is 5.26 Å². The summed E-state index contributed by atoms with van der Waals surface area (Å²) in [6.45, 7) is 12.0. The van der Waals surface area contributed by atoms with Gasteiger partial charge in [0.2, 0.25) is 0 Å². The van der Waals surface area contributed by atoms with Crippen LogP contribution in [-0.4, -0.2) is 51.3 Å². The van der Waals surface area contributed by atoms with Gasteiger partial charge >= 0.3 is 0 Å². The number of benzene rings is 1. The molecule has 190 valence electrons. The number of hydrogen-bond donors (Lipinski definition) is 3. The number of anilines is 2. The lowest BCUT2D eigenvalue weighted by Gasteiger charge is -2.22. The number of nitrogens with one attached hydrogen (secondary N) is 2. The molecular weight excluding hydrogens is 458 g/mol. The number of nitrogens with zero attached hydrogens (tertiary/aromatic N) is 5. The van der Waals surface area contributed by atoms with Crippen molar-refractivity contribution in [3.8, 4) is 17.5 Å². The minimum absolute atomic E-state index is 0.0517. The van der Waals surface area contributed by atoms with Crippen molar-refractivity contribution in [3.05, 3.63) is 53.1 Å². The minimum atomic E-state index is -0.442. The summed E-state index contributed by atoms with van der Waals surface area (Å²) in [6, 6.07) is 7.85. The van der Waals surface area contributed by atoms with Crippen molar-refractivity contribution in [3.63, 3.8) is 0 Å². The Kier molecular flexibility index (Phi) is 7.65. The third kappa shape index (κ3) is 5.98. The first-order chi connectivity index (χ1) is 16.9. The number of aliphatic hydroxyl groups excluding tert-OH is 1. The van der Waals surface area contributed by atoms with Gasteiger partial charge in [-0.2, -0.15) is 5.26 Å². The summed E-state index contributed by atoms with van der Waals surface area (Å²) in [7, 11) is 1.53. The quantitative estimate of drug-likeness (QED) is 0.434. The van der Waals surface area contributed by atoms with Gasteiger partial charge in [0.15, 0.2) is 11.4 Å². The first kappa shape index (κ1) is 26.6. The zero-order chi connectivity index (χ0) is 26.7. The molecule has 0 fully saturated rings. The van der Waals surface area contributed by atoms with Gasteiger partial charge in [0, 0.05) is 18.6 Å². The first-order valence-corrected chi connectivity index (χ1v) is 11.6. The number of aryl methyl sites for hydroxylation is 1. The normalized spacial score (nSPS) is 11.6. The first-order valence-electron chi connectivity index (χ1n) is 11.6. The van der Waals surface area contributed by atoms with Crippen LogP contribution in [0.2, 0.25) is 0 Å². The fraction of sp³-hybridized carbons (Fsp3) is 0.423. The molecule has 3 aromatic rings. The molecule has 10 heteroatoms. The second-order valence-corrected chi connectivity index (χ2v) is 10.5. The molecule has 0 saturated carbocycles. The number of rotatable bonds is 8. The van der Waals surface area contributed by atoms with E-state index < -0.39 is 5.41 Å². The SMILES string of the molecule is COc1c(C#N)cc(C(C)(C)C)cc1Nc1cnc(C)c(-n2cc(C(=O)NCC(C)(C)CO)nn2)c1. The molecular formula is C26H33N7O3. The minimum Gasteiger partial charge on any atom is -0.493 e. The van der Waals surface area contributed by atoms with E-state index in [2.05, 4.69) is 52.8 Å². The second kappa shape index (κ2) is 10.3. The maximum Gasteiger partial charge on any atom is 0.273 e. The molecule has 0 aliphatic rings. The number of ether oxygens (including phenoxy) is 1. The predicted octanol–water partition coefficient (Wildman–Crippen LogP) is 3.64. The van der Waals surface area contributed by atoms with E-state index >= 15 is 0 Å². The van der Waals surface area contributed by atoms with Crippen LogP contribution in [0, 0.1) is 23.7 Å². The van der Waals surface area contributed by atoms with Crippen LogP contribution in [-0.2, 0) is 5.41 Å². The van der Waals surface area contributed by atoms with Crippen LogP contribution in [0.15, 0.2) is 30.6 Å². The molecule has 0 saturated heterocycles. The summed E-state index contributed by atoms with van der Waals surface area (Å²) in [5.41, 5.74) is 3.57. The van der Waals surface area contributed by atoms with Gasteiger partial charge in [0.25, 0.3) is 5.91 Å². The molecule has 1 aromatic carbocycles. The highest BCUT2D eigenvalue weighted by atomic mass is 16.5. The molecule has 0 radical (unpaired) electrons. The van der Waals surface area contributed by atoms with Crippen LogP contribution in [0.25, 0.3) is 5.69 Å². The fourth-order valence-electron chi connectivity index (χ4n) is 3.39. The molecule has 0 atom stereocenters. The van der Waals surface area contributed by atoms with Gasteiger partial charge in [-0.1, -0.05) is 39.8 Å². The Morgan fingerprint density at radius 1 is 1.22 bits per heavy atom. The highest BCUT2D eigenvalue weighted by molar-refractivity contribution is 5.92. The number of hydrogen-bond acceptors (Lipinski definition) is 8. The van der Waals surface area contributed by atoms with Gasteiger partial charge in [0.1, 0.15) is 6.07 Å². The van der Waals surface area contributed by atoms with Crippen LogP contribution in [0.5, 0.6) is 5.75 Å². The van der Waals surface area contributed by atoms with Gasteiger partial charge in [-0.15, -0.1) is 5.10 Å². The van der Waals surface area contributed by atoms with E-state index in [1.54, 1.807) is 6.20 Å². The summed E-state index contributed by atoms with van der Waals surface area (Å²) in [4.78, 5) is 17.0. The van der Waals surface area contributed by atoms with E-state index in [-0.39, 0.29) is 23.6 Å². The van der Waals surface area contributed by atoms with Crippen LogP contribution < -0.4 is 15.4 Å². The zero-order valence-electron chi connectivity index (χ0n) is 21.8. The van der Waals surface area contributed by atoms with Crippen molar-refractivity contribution >= 4 is 17.3 Å². The van der Waals surface area contributed by atoms with Crippen LogP contribution in [0.3, 0.4) is 0 Å². The Balaban J connectivity index is 1.92. The van der Waals surface area contributed by atoms with Crippen molar-refractivity contribution in [1.82, 2.24) is 25.3 Å². The van der Waals surface area contributed by atoms with Gasteiger partial charge in [-0.25, -0.2) is 4.68 Å². The van der Waals surface area contributed by atoms with Crippen LogP contribution in [0.1, 0.15) is 61.9 Å². The van der Waals surface area contributed by atoms with E-state index in [0.717, 1.165) is 5.56 Å². The summed E-state index contributed by atoms with van der Waals surface area (Å²) in [6.07, 6.45) is 3.21. The van der Waals surface area contributed by atoms with Gasteiger partial charge in [-0.05, 0) is 36.1 Å². The van der Waals surface area contributed by atoms with E-state index in [4.69, 9.17) is 4.74 Å². The van der Waals surface area contributed by atoms with Crippen LogP contribution in [0.4, 0.5) is 11.4 Å².